The summed E-state index contributed by atoms with van der Waals surface area (Å²) in [6, 6.07) is 9.74. The monoisotopic (exact) mass is 150 g/mol. The summed E-state index contributed by atoms with van der Waals surface area (Å²) in [6.07, 6.45) is 0.747. The lowest BCUT2D eigenvalue weighted by atomic mass is 9.94. The van der Waals surface area contributed by atoms with Crippen LogP contribution in [-0.2, 0) is 5.60 Å². The van der Waals surface area contributed by atoms with Gasteiger partial charge in [0, 0.05) is 0 Å². The molecule has 1 nitrogen and oxygen atoms in total. The quantitative estimate of drug-likeness (QED) is 0.685. The summed E-state index contributed by atoms with van der Waals surface area (Å²) in [5.41, 5.74) is 0.323. The Bertz CT molecular complexity index is 214. The van der Waals surface area contributed by atoms with Gasteiger partial charge in [0.15, 0.2) is 0 Å². The van der Waals surface area contributed by atoms with Gasteiger partial charge in [-0.3, -0.25) is 0 Å². The van der Waals surface area contributed by atoms with Crippen molar-refractivity contribution in [3.8, 4) is 0 Å². The molecule has 1 aromatic carbocycles. The van der Waals surface area contributed by atoms with Crippen LogP contribution in [0.3, 0.4) is 0 Å². The Morgan fingerprint density at radius 1 is 1.27 bits per heavy atom. The maximum atomic E-state index is 9.79. The minimum absolute atomic E-state index is 0.665. The molecule has 0 amide bonds. The van der Waals surface area contributed by atoms with E-state index in [2.05, 4.69) is 0 Å². The van der Waals surface area contributed by atoms with E-state index in [1.165, 1.54) is 0 Å². The van der Waals surface area contributed by atoms with Gasteiger partial charge in [-0.15, -0.1) is 0 Å². The third-order valence-electron chi connectivity index (χ3n) is 2.08. The summed E-state index contributed by atoms with van der Waals surface area (Å²) in [5, 5.41) is 9.79. The van der Waals surface area contributed by atoms with Gasteiger partial charge in [0.2, 0.25) is 0 Å². The second-order valence-corrected chi connectivity index (χ2v) is 2.99. The predicted octanol–water partition coefficient (Wildman–Crippen LogP) is 2.30. The SMILES string of the molecule is CC[C@](C)(O)c1ccccc1. The standard InChI is InChI=1S/C10H14O/c1-3-10(2,11)9-7-5-4-6-8-9/h4-8,11H,3H2,1-2H3/t10-/m0/s1. The number of hydrogen-bond donors (Lipinski definition) is 1. The first-order valence-electron chi connectivity index (χ1n) is 3.94. The van der Waals surface area contributed by atoms with Gasteiger partial charge in [-0.05, 0) is 18.9 Å². The van der Waals surface area contributed by atoms with Crippen LogP contribution in [0.15, 0.2) is 30.3 Å². The Labute approximate surface area is 67.7 Å². The second kappa shape index (κ2) is 3.05. The highest BCUT2D eigenvalue weighted by Gasteiger charge is 2.18. The highest BCUT2D eigenvalue weighted by molar-refractivity contribution is 5.20. The minimum atomic E-state index is -0.665. The highest BCUT2D eigenvalue weighted by atomic mass is 16.3. The lowest BCUT2D eigenvalue weighted by Crippen LogP contribution is -2.19. The molecule has 0 aromatic heterocycles. The molecule has 0 unspecified atom stereocenters. The number of rotatable bonds is 2. The molecule has 0 radical (unpaired) electrons. The molecular formula is C10H14O. The van der Waals surface area contributed by atoms with E-state index in [-0.39, 0.29) is 0 Å². The molecule has 0 aliphatic heterocycles. The zero-order chi connectivity index (χ0) is 8.32. The molecule has 1 atom stereocenters. The maximum Gasteiger partial charge on any atom is 0.0865 e. The Kier molecular flexibility index (Phi) is 2.30. The van der Waals surface area contributed by atoms with E-state index in [1.54, 1.807) is 0 Å². The van der Waals surface area contributed by atoms with Crippen LogP contribution in [0.2, 0.25) is 0 Å². The fourth-order valence-corrected chi connectivity index (χ4v) is 1.00. The molecule has 1 N–H and O–H groups in total. The fourth-order valence-electron chi connectivity index (χ4n) is 1.00. The third kappa shape index (κ3) is 1.81. The molecule has 0 saturated carbocycles. The number of hydrogen-bond acceptors (Lipinski definition) is 1. The first kappa shape index (κ1) is 8.28. The molecule has 0 bridgehead atoms. The van der Waals surface area contributed by atoms with E-state index >= 15 is 0 Å². The molecule has 0 saturated heterocycles. The van der Waals surface area contributed by atoms with Crippen molar-refractivity contribution in [1.29, 1.82) is 0 Å². The van der Waals surface area contributed by atoms with Crippen molar-refractivity contribution in [3.63, 3.8) is 0 Å². The molecule has 0 aliphatic rings. The van der Waals surface area contributed by atoms with Crippen molar-refractivity contribution in [3.05, 3.63) is 35.9 Å². The summed E-state index contributed by atoms with van der Waals surface area (Å²) in [6.45, 7) is 3.81. The van der Waals surface area contributed by atoms with Crippen molar-refractivity contribution in [2.75, 3.05) is 0 Å². The molecule has 0 fully saturated rings. The van der Waals surface area contributed by atoms with Crippen LogP contribution < -0.4 is 0 Å². The third-order valence-corrected chi connectivity index (χ3v) is 2.08. The lowest BCUT2D eigenvalue weighted by Gasteiger charge is -2.21. The Morgan fingerprint density at radius 2 is 1.82 bits per heavy atom. The second-order valence-electron chi connectivity index (χ2n) is 2.99. The molecule has 0 aliphatic carbocycles. The highest BCUT2D eigenvalue weighted by Crippen LogP contribution is 2.22. The summed E-state index contributed by atoms with van der Waals surface area (Å²) in [7, 11) is 0. The minimum Gasteiger partial charge on any atom is -0.385 e. The first-order valence-corrected chi connectivity index (χ1v) is 3.94. The smallest absolute Gasteiger partial charge is 0.0865 e. The molecule has 1 heteroatoms. The summed E-state index contributed by atoms with van der Waals surface area (Å²) in [5.74, 6) is 0. The molecule has 60 valence electrons. The molecule has 1 rings (SSSR count). The van der Waals surface area contributed by atoms with E-state index in [0.29, 0.717) is 0 Å². The van der Waals surface area contributed by atoms with Gasteiger partial charge in [-0.1, -0.05) is 37.3 Å². The maximum absolute atomic E-state index is 9.79. The molecular weight excluding hydrogens is 136 g/mol. The van der Waals surface area contributed by atoms with Gasteiger partial charge in [0.25, 0.3) is 0 Å². The molecule has 0 heterocycles. The van der Waals surface area contributed by atoms with Crippen molar-refractivity contribution in [1.82, 2.24) is 0 Å². The van der Waals surface area contributed by atoms with Crippen LogP contribution in [-0.4, -0.2) is 5.11 Å². The van der Waals surface area contributed by atoms with Crippen LogP contribution in [0.4, 0.5) is 0 Å². The van der Waals surface area contributed by atoms with E-state index in [4.69, 9.17) is 0 Å². The van der Waals surface area contributed by atoms with Crippen LogP contribution in [0, 0.1) is 0 Å². The first-order chi connectivity index (χ1) is 5.17. The fraction of sp³-hybridized carbons (Fsp3) is 0.400. The van der Waals surface area contributed by atoms with Gasteiger partial charge in [-0.25, -0.2) is 0 Å². The Hall–Kier alpha value is -0.820. The van der Waals surface area contributed by atoms with E-state index in [1.807, 2.05) is 44.2 Å². The topological polar surface area (TPSA) is 20.2 Å². The van der Waals surface area contributed by atoms with E-state index < -0.39 is 5.60 Å². The Morgan fingerprint density at radius 3 is 2.27 bits per heavy atom. The van der Waals surface area contributed by atoms with Crippen molar-refractivity contribution in [2.24, 2.45) is 0 Å². The van der Waals surface area contributed by atoms with Crippen LogP contribution in [0.5, 0.6) is 0 Å². The average Bonchev–Trinajstić information content (AvgIpc) is 2.06. The zero-order valence-corrected chi connectivity index (χ0v) is 7.04. The lowest BCUT2D eigenvalue weighted by molar-refractivity contribution is 0.0531. The average molecular weight is 150 g/mol. The summed E-state index contributed by atoms with van der Waals surface area (Å²) in [4.78, 5) is 0. The van der Waals surface area contributed by atoms with Crippen molar-refractivity contribution < 1.29 is 5.11 Å². The van der Waals surface area contributed by atoms with Crippen LogP contribution >= 0.6 is 0 Å². The zero-order valence-electron chi connectivity index (χ0n) is 7.04. The number of benzene rings is 1. The Balaban J connectivity index is 2.93. The largest absolute Gasteiger partial charge is 0.385 e. The summed E-state index contributed by atoms with van der Waals surface area (Å²) >= 11 is 0. The van der Waals surface area contributed by atoms with Gasteiger partial charge in [-0.2, -0.15) is 0 Å². The summed E-state index contributed by atoms with van der Waals surface area (Å²) < 4.78 is 0. The van der Waals surface area contributed by atoms with E-state index in [9.17, 15) is 5.11 Å². The van der Waals surface area contributed by atoms with Crippen molar-refractivity contribution >= 4 is 0 Å². The van der Waals surface area contributed by atoms with Gasteiger partial charge in [0.05, 0.1) is 5.60 Å². The predicted molar refractivity (Wildman–Crippen MR) is 46.3 cm³/mol. The number of aliphatic hydroxyl groups is 1. The normalized spacial score (nSPS) is 15.9. The molecule has 1 aromatic rings. The van der Waals surface area contributed by atoms with Crippen LogP contribution in [0.25, 0.3) is 0 Å². The van der Waals surface area contributed by atoms with E-state index in [0.717, 1.165) is 12.0 Å². The van der Waals surface area contributed by atoms with Gasteiger partial charge >= 0.3 is 0 Å². The van der Waals surface area contributed by atoms with Gasteiger partial charge < -0.3 is 5.11 Å². The van der Waals surface area contributed by atoms with Gasteiger partial charge in [0.1, 0.15) is 0 Å². The molecule has 11 heavy (non-hydrogen) atoms. The van der Waals surface area contributed by atoms with Crippen LogP contribution in [0.1, 0.15) is 25.8 Å². The molecule has 0 spiro atoms. The van der Waals surface area contributed by atoms with Crippen molar-refractivity contribution in [2.45, 2.75) is 25.9 Å².